The van der Waals surface area contributed by atoms with E-state index in [1.54, 1.807) is 0 Å². The van der Waals surface area contributed by atoms with Crippen molar-refractivity contribution in [3.05, 3.63) is 0 Å². The fourth-order valence-electron chi connectivity index (χ4n) is 1.76. The fourth-order valence-corrected chi connectivity index (χ4v) is 1.76. The fraction of sp³-hybridized carbons (Fsp3) is 0.909. The van der Waals surface area contributed by atoms with E-state index in [1.807, 2.05) is 0 Å². The molecule has 0 saturated heterocycles. The van der Waals surface area contributed by atoms with Crippen molar-refractivity contribution in [1.29, 1.82) is 0 Å². The third kappa shape index (κ3) is 4.61. The summed E-state index contributed by atoms with van der Waals surface area (Å²) in [6, 6.07) is 0. The molecule has 3 heteroatoms. The first-order valence-corrected chi connectivity index (χ1v) is 5.45. The Bertz CT molecular complexity index is 169. The Labute approximate surface area is 86.7 Å². The highest BCUT2D eigenvalue weighted by molar-refractivity contribution is 5.70. The summed E-state index contributed by atoms with van der Waals surface area (Å²) in [6.07, 6.45) is 2.93. The van der Waals surface area contributed by atoms with Gasteiger partial charge in [0.05, 0.1) is 5.92 Å². The molecule has 0 aromatic carbocycles. The Kier molecular flexibility index (Phi) is 6.54. The van der Waals surface area contributed by atoms with Gasteiger partial charge in [-0.3, -0.25) is 4.79 Å². The lowest BCUT2D eigenvalue weighted by Crippen LogP contribution is -2.27. The molecule has 0 radical (unpaired) electrons. The van der Waals surface area contributed by atoms with Crippen LogP contribution in [0.4, 0.5) is 0 Å². The van der Waals surface area contributed by atoms with Gasteiger partial charge in [0, 0.05) is 6.54 Å². The smallest absolute Gasteiger partial charge is 0.307 e. The van der Waals surface area contributed by atoms with Crippen molar-refractivity contribution in [3.8, 4) is 0 Å². The second-order valence-corrected chi connectivity index (χ2v) is 4.30. The van der Waals surface area contributed by atoms with Gasteiger partial charge in [-0.1, -0.05) is 33.6 Å². The molecular weight excluding hydrogens is 178 g/mol. The van der Waals surface area contributed by atoms with Gasteiger partial charge in [0.1, 0.15) is 0 Å². The van der Waals surface area contributed by atoms with Crippen molar-refractivity contribution in [2.75, 3.05) is 6.54 Å². The highest BCUT2D eigenvalue weighted by atomic mass is 16.4. The van der Waals surface area contributed by atoms with Gasteiger partial charge in [0.15, 0.2) is 0 Å². The van der Waals surface area contributed by atoms with Gasteiger partial charge in [0.2, 0.25) is 0 Å². The normalized spacial score (nSPS) is 15.5. The van der Waals surface area contributed by atoms with Crippen LogP contribution in [0.15, 0.2) is 0 Å². The maximum Gasteiger partial charge on any atom is 0.307 e. The summed E-state index contributed by atoms with van der Waals surface area (Å²) >= 11 is 0. The summed E-state index contributed by atoms with van der Waals surface area (Å²) in [5, 5.41) is 8.89. The van der Waals surface area contributed by atoms with Gasteiger partial charge in [0.25, 0.3) is 0 Å². The Morgan fingerprint density at radius 3 is 2.29 bits per heavy atom. The highest BCUT2D eigenvalue weighted by Crippen LogP contribution is 2.24. The summed E-state index contributed by atoms with van der Waals surface area (Å²) < 4.78 is 0. The number of carboxylic acid groups (broad SMARTS) is 1. The quantitative estimate of drug-likeness (QED) is 0.663. The molecule has 0 fully saturated rings. The molecule has 0 spiro atoms. The Balaban J connectivity index is 4.18. The minimum absolute atomic E-state index is 0.252. The average Bonchev–Trinajstić information content (AvgIpc) is 2.11. The van der Waals surface area contributed by atoms with Gasteiger partial charge >= 0.3 is 5.97 Å². The van der Waals surface area contributed by atoms with Crippen LogP contribution in [0.25, 0.3) is 0 Å². The second kappa shape index (κ2) is 6.82. The van der Waals surface area contributed by atoms with Crippen LogP contribution >= 0.6 is 0 Å². The molecule has 0 aromatic rings. The molecule has 84 valence electrons. The van der Waals surface area contributed by atoms with Crippen LogP contribution in [-0.4, -0.2) is 17.6 Å². The SMILES string of the molecule is CCCC(CC(CN)C(=O)O)C(C)C. The predicted octanol–water partition coefficient (Wildman–Crippen LogP) is 2.11. The summed E-state index contributed by atoms with van der Waals surface area (Å²) in [6.45, 7) is 6.68. The zero-order valence-electron chi connectivity index (χ0n) is 9.49. The second-order valence-electron chi connectivity index (χ2n) is 4.30. The van der Waals surface area contributed by atoms with Crippen molar-refractivity contribution in [1.82, 2.24) is 0 Å². The van der Waals surface area contributed by atoms with E-state index < -0.39 is 5.97 Å². The monoisotopic (exact) mass is 201 g/mol. The first-order valence-electron chi connectivity index (χ1n) is 5.45. The summed E-state index contributed by atoms with van der Waals surface area (Å²) in [4.78, 5) is 10.8. The van der Waals surface area contributed by atoms with Crippen molar-refractivity contribution in [2.45, 2.75) is 40.0 Å². The van der Waals surface area contributed by atoms with Crippen LogP contribution < -0.4 is 5.73 Å². The molecule has 0 aliphatic heterocycles. The Hall–Kier alpha value is -0.570. The molecule has 2 unspecified atom stereocenters. The minimum atomic E-state index is -0.755. The minimum Gasteiger partial charge on any atom is -0.481 e. The lowest BCUT2D eigenvalue weighted by molar-refractivity contribution is -0.142. The number of hydrogen-bond acceptors (Lipinski definition) is 2. The lowest BCUT2D eigenvalue weighted by atomic mass is 9.83. The van der Waals surface area contributed by atoms with Crippen LogP contribution in [-0.2, 0) is 4.79 Å². The van der Waals surface area contributed by atoms with Crippen molar-refractivity contribution >= 4 is 5.97 Å². The van der Waals surface area contributed by atoms with Crippen molar-refractivity contribution in [3.63, 3.8) is 0 Å². The van der Waals surface area contributed by atoms with E-state index in [2.05, 4.69) is 20.8 Å². The average molecular weight is 201 g/mol. The van der Waals surface area contributed by atoms with Crippen LogP contribution in [0, 0.1) is 17.8 Å². The van der Waals surface area contributed by atoms with E-state index >= 15 is 0 Å². The van der Waals surface area contributed by atoms with E-state index in [-0.39, 0.29) is 12.5 Å². The lowest BCUT2D eigenvalue weighted by Gasteiger charge is -2.23. The largest absolute Gasteiger partial charge is 0.481 e. The number of carbonyl (C=O) groups is 1. The van der Waals surface area contributed by atoms with Gasteiger partial charge in [-0.05, 0) is 18.3 Å². The van der Waals surface area contributed by atoms with E-state index in [1.165, 1.54) is 0 Å². The van der Waals surface area contributed by atoms with Gasteiger partial charge in [-0.25, -0.2) is 0 Å². The zero-order valence-corrected chi connectivity index (χ0v) is 9.49. The topological polar surface area (TPSA) is 63.3 Å². The van der Waals surface area contributed by atoms with E-state index in [0.29, 0.717) is 11.8 Å². The van der Waals surface area contributed by atoms with Crippen molar-refractivity contribution < 1.29 is 9.90 Å². The molecule has 0 amide bonds. The standard InChI is InChI=1S/C11H23NO2/c1-4-5-9(8(2)3)6-10(7-12)11(13)14/h8-10H,4-7,12H2,1-3H3,(H,13,14). The van der Waals surface area contributed by atoms with Crippen LogP contribution in [0.1, 0.15) is 40.0 Å². The molecule has 0 saturated carbocycles. The maximum absolute atomic E-state index is 10.8. The van der Waals surface area contributed by atoms with Gasteiger partial charge in [-0.15, -0.1) is 0 Å². The van der Waals surface area contributed by atoms with E-state index in [0.717, 1.165) is 19.3 Å². The number of aliphatic carboxylic acids is 1. The molecule has 0 bridgehead atoms. The Morgan fingerprint density at radius 1 is 1.43 bits per heavy atom. The molecule has 2 atom stereocenters. The molecular formula is C11H23NO2. The van der Waals surface area contributed by atoms with Gasteiger partial charge in [-0.2, -0.15) is 0 Å². The summed E-state index contributed by atoms with van der Waals surface area (Å²) in [5.41, 5.74) is 5.44. The Morgan fingerprint density at radius 2 is 2.00 bits per heavy atom. The maximum atomic E-state index is 10.8. The summed E-state index contributed by atoms with van der Waals surface area (Å²) in [7, 11) is 0. The molecule has 0 aliphatic carbocycles. The molecule has 14 heavy (non-hydrogen) atoms. The van der Waals surface area contributed by atoms with Crippen molar-refractivity contribution in [2.24, 2.45) is 23.5 Å². The van der Waals surface area contributed by atoms with E-state index in [9.17, 15) is 4.79 Å². The van der Waals surface area contributed by atoms with Crippen LogP contribution in [0.2, 0.25) is 0 Å². The van der Waals surface area contributed by atoms with Crippen LogP contribution in [0.5, 0.6) is 0 Å². The first kappa shape index (κ1) is 13.4. The highest BCUT2D eigenvalue weighted by Gasteiger charge is 2.22. The molecule has 0 heterocycles. The van der Waals surface area contributed by atoms with E-state index in [4.69, 9.17) is 10.8 Å². The summed E-state index contributed by atoms with van der Waals surface area (Å²) in [5.74, 6) is -0.0868. The third-order valence-electron chi connectivity index (χ3n) is 2.82. The number of carboxylic acids is 1. The molecule has 0 rings (SSSR count). The van der Waals surface area contributed by atoms with Gasteiger partial charge < -0.3 is 10.8 Å². The van der Waals surface area contributed by atoms with Crippen LogP contribution in [0.3, 0.4) is 0 Å². The molecule has 3 nitrogen and oxygen atoms in total. The number of hydrogen-bond donors (Lipinski definition) is 2. The molecule has 0 aliphatic rings. The zero-order chi connectivity index (χ0) is 11.1. The number of rotatable bonds is 7. The molecule has 3 N–H and O–H groups in total. The first-order chi connectivity index (χ1) is 6.52. The number of nitrogens with two attached hydrogens (primary N) is 1. The molecule has 0 aromatic heterocycles. The third-order valence-corrected chi connectivity index (χ3v) is 2.82. The predicted molar refractivity (Wildman–Crippen MR) is 58.0 cm³/mol.